The number of ether oxygens (including phenoxy) is 1. The normalized spacial score (nSPS) is 13.4. The van der Waals surface area contributed by atoms with Crippen molar-refractivity contribution in [3.8, 4) is 0 Å². The third-order valence-corrected chi connectivity index (χ3v) is 4.42. The third kappa shape index (κ3) is 5.33. The number of morpholine rings is 1. The summed E-state index contributed by atoms with van der Waals surface area (Å²) in [4.78, 5) is 36.8. The van der Waals surface area contributed by atoms with Crippen LogP contribution in [-0.4, -0.2) is 53.1 Å². The molecule has 2 aromatic carbocycles. The maximum absolute atomic E-state index is 12.6. The molecule has 0 bridgehead atoms. The van der Waals surface area contributed by atoms with Crippen LogP contribution in [-0.2, 0) is 4.74 Å². The van der Waals surface area contributed by atoms with Gasteiger partial charge in [0.25, 0.3) is 17.5 Å². The molecule has 1 aliphatic rings. The molecule has 0 aliphatic carbocycles. The molecule has 0 aromatic heterocycles. The number of carbonyl (C=O) groups excluding carboxylic acids is 2. The second-order valence-corrected chi connectivity index (χ2v) is 6.61. The smallest absolute Gasteiger partial charge is 0.270 e. The molecule has 150 valence electrons. The number of nitrogens with one attached hydrogen (secondary N) is 2. The lowest BCUT2D eigenvalue weighted by atomic mass is 10.1. The van der Waals surface area contributed by atoms with E-state index in [0.717, 1.165) is 0 Å². The van der Waals surface area contributed by atoms with Gasteiger partial charge in [0.05, 0.1) is 18.1 Å². The Balaban J connectivity index is 1.63. The molecule has 3 rings (SSSR count). The highest BCUT2D eigenvalue weighted by Crippen LogP contribution is 2.15. The van der Waals surface area contributed by atoms with E-state index in [9.17, 15) is 19.7 Å². The largest absolute Gasteiger partial charge is 0.378 e. The van der Waals surface area contributed by atoms with E-state index < -0.39 is 10.8 Å². The fraction of sp³-hybridized carbons (Fsp3) is 0.211. The zero-order valence-corrected chi connectivity index (χ0v) is 16.1. The van der Waals surface area contributed by atoms with Crippen LogP contribution in [0.5, 0.6) is 0 Å². The lowest BCUT2D eigenvalue weighted by molar-refractivity contribution is -0.384. The Kier molecular flexibility index (Phi) is 6.47. The van der Waals surface area contributed by atoms with E-state index in [-0.39, 0.29) is 22.3 Å². The van der Waals surface area contributed by atoms with Crippen LogP contribution in [0.4, 0.5) is 11.4 Å². The van der Waals surface area contributed by atoms with Gasteiger partial charge in [0.2, 0.25) is 0 Å². The van der Waals surface area contributed by atoms with E-state index in [2.05, 4.69) is 10.6 Å². The van der Waals surface area contributed by atoms with Gasteiger partial charge in [-0.15, -0.1) is 0 Å². The number of non-ortho nitro benzene ring substituents is 1. The molecule has 1 heterocycles. The van der Waals surface area contributed by atoms with Crippen LogP contribution in [0.25, 0.3) is 0 Å². The number of benzene rings is 2. The van der Waals surface area contributed by atoms with Crippen molar-refractivity contribution in [1.82, 2.24) is 10.2 Å². The first kappa shape index (κ1) is 20.4. The van der Waals surface area contributed by atoms with E-state index in [4.69, 9.17) is 17.0 Å². The third-order valence-electron chi connectivity index (χ3n) is 4.21. The summed E-state index contributed by atoms with van der Waals surface area (Å²) >= 11 is 5.14. The summed E-state index contributed by atoms with van der Waals surface area (Å²) in [6, 6.07) is 12.1. The topological polar surface area (TPSA) is 114 Å². The molecule has 0 saturated carbocycles. The lowest BCUT2D eigenvalue weighted by Crippen LogP contribution is -2.40. The van der Waals surface area contributed by atoms with Gasteiger partial charge in [0.1, 0.15) is 0 Å². The van der Waals surface area contributed by atoms with Crippen LogP contribution in [0, 0.1) is 10.1 Å². The van der Waals surface area contributed by atoms with E-state index in [1.54, 1.807) is 29.2 Å². The molecular weight excluding hydrogens is 396 g/mol. The number of carbonyl (C=O) groups is 2. The maximum Gasteiger partial charge on any atom is 0.270 e. The van der Waals surface area contributed by atoms with Gasteiger partial charge in [0.15, 0.2) is 5.11 Å². The van der Waals surface area contributed by atoms with Crippen molar-refractivity contribution < 1.29 is 19.2 Å². The maximum atomic E-state index is 12.6. The van der Waals surface area contributed by atoms with Crippen molar-refractivity contribution in [3.05, 3.63) is 69.8 Å². The molecule has 1 fully saturated rings. The van der Waals surface area contributed by atoms with Gasteiger partial charge in [-0.2, -0.15) is 0 Å². The number of rotatable bonds is 4. The Labute approximate surface area is 171 Å². The van der Waals surface area contributed by atoms with Crippen LogP contribution in [0.1, 0.15) is 20.7 Å². The average molecular weight is 414 g/mol. The van der Waals surface area contributed by atoms with E-state index >= 15 is 0 Å². The number of nitro groups is 1. The number of nitrogens with zero attached hydrogens (tertiary/aromatic N) is 2. The number of nitro benzene ring substituents is 1. The zero-order valence-electron chi connectivity index (χ0n) is 15.3. The quantitative estimate of drug-likeness (QED) is 0.448. The van der Waals surface area contributed by atoms with Gasteiger partial charge < -0.3 is 15.0 Å². The first-order chi connectivity index (χ1) is 13.9. The molecule has 0 spiro atoms. The molecule has 29 heavy (non-hydrogen) atoms. The molecule has 1 saturated heterocycles. The van der Waals surface area contributed by atoms with E-state index in [1.165, 1.54) is 24.3 Å². The SMILES string of the molecule is O=C(NC(=S)Nc1cccc(C(=O)N2CCOCC2)c1)c1cccc([N+](=O)[O-])c1. The Hall–Kier alpha value is -3.37. The van der Waals surface area contributed by atoms with E-state index in [1.807, 2.05) is 0 Å². The number of anilines is 1. The summed E-state index contributed by atoms with van der Waals surface area (Å²) in [6.45, 7) is 2.09. The molecule has 2 aromatic rings. The van der Waals surface area contributed by atoms with Crippen molar-refractivity contribution in [2.45, 2.75) is 0 Å². The number of amides is 2. The fourth-order valence-electron chi connectivity index (χ4n) is 2.78. The minimum atomic E-state index is -0.579. The molecule has 0 atom stereocenters. The second kappa shape index (κ2) is 9.22. The Morgan fingerprint density at radius 2 is 1.76 bits per heavy atom. The summed E-state index contributed by atoms with van der Waals surface area (Å²) in [5.41, 5.74) is 0.948. The van der Waals surface area contributed by atoms with Crippen LogP contribution in [0.15, 0.2) is 48.5 Å². The van der Waals surface area contributed by atoms with Gasteiger partial charge in [-0.25, -0.2) is 0 Å². The predicted molar refractivity (Wildman–Crippen MR) is 110 cm³/mol. The van der Waals surface area contributed by atoms with Crippen LogP contribution < -0.4 is 10.6 Å². The highest BCUT2D eigenvalue weighted by atomic mass is 32.1. The van der Waals surface area contributed by atoms with Crippen molar-refractivity contribution in [3.63, 3.8) is 0 Å². The zero-order chi connectivity index (χ0) is 20.8. The molecule has 2 N–H and O–H groups in total. The standard InChI is InChI=1S/C19H18N4O5S/c24-17(13-3-2-6-16(12-13)23(26)27)21-19(29)20-15-5-1-4-14(11-15)18(25)22-7-9-28-10-8-22/h1-6,11-12H,7-10H2,(H2,20,21,24,29). The predicted octanol–water partition coefficient (Wildman–Crippen LogP) is 2.19. The van der Waals surface area contributed by atoms with Crippen molar-refractivity contribution in [2.75, 3.05) is 31.6 Å². The van der Waals surface area contributed by atoms with E-state index in [0.29, 0.717) is 37.6 Å². The van der Waals surface area contributed by atoms with Gasteiger partial charge in [-0.1, -0.05) is 12.1 Å². The summed E-state index contributed by atoms with van der Waals surface area (Å²) in [5, 5.41) is 16.2. The summed E-state index contributed by atoms with van der Waals surface area (Å²) in [5.74, 6) is -0.685. The Bertz CT molecular complexity index is 959. The number of hydrogen-bond donors (Lipinski definition) is 2. The first-order valence-corrected chi connectivity index (χ1v) is 9.19. The molecule has 2 amide bonds. The summed E-state index contributed by atoms with van der Waals surface area (Å²) in [7, 11) is 0. The molecule has 0 radical (unpaired) electrons. The van der Waals surface area contributed by atoms with Gasteiger partial charge in [-0.3, -0.25) is 25.0 Å². The molecule has 1 aliphatic heterocycles. The average Bonchev–Trinajstić information content (AvgIpc) is 2.74. The summed E-state index contributed by atoms with van der Waals surface area (Å²) in [6.07, 6.45) is 0. The second-order valence-electron chi connectivity index (χ2n) is 6.20. The van der Waals surface area contributed by atoms with Crippen molar-refractivity contribution >= 4 is 40.5 Å². The summed E-state index contributed by atoms with van der Waals surface area (Å²) < 4.78 is 5.26. The van der Waals surface area contributed by atoms with Crippen LogP contribution >= 0.6 is 12.2 Å². The van der Waals surface area contributed by atoms with Gasteiger partial charge >= 0.3 is 0 Å². The van der Waals surface area contributed by atoms with Crippen LogP contribution in [0.2, 0.25) is 0 Å². The van der Waals surface area contributed by atoms with Crippen molar-refractivity contribution in [2.24, 2.45) is 0 Å². The first-order valence-electron chi connectivity index (χ1n) is 8.78. The Morgan fingerprint density at radius 1 is 1.07 bits per heavy atom. The number of hydrogen-bond acceptors (Lipinski definition) is 6. The highest BCUT2D eigenvalue weighted by molar-refractivity contribution is 7.80. The molecule has 0 unspecified atom stereocenters. The Morgan fingerprint density at radius 3 is 2.48 bits per heavy atom. The number of thiocarbonyl (C=S) groups is 1. The van der Waals surface area contributed by atoms with Gasteiger partial charge in [0, 0.05) is 42.0 Å². The monoisotopic (exact) mass is 414 g/mol. The fourth-order valence-corrected chi connectivity index (χ4v) is 2.99. The minimum absolute atomic E-state index is 0.0116. The molecule has 9 nitrogen and oxygen atoms in total. The highest BCUT2D eigenvalue weighted by Gasteiger charge is 2.19. The lowest BCUT2D eigenvalue weighted by Gasteiger charge is -2.27. The van der Waals surface area contributed by atoms with Gasteiger partial charge in [-0.05, 0) is 36.5 Å². The minimum Gasteiger partial charge on any atom is -0.378 e. The van der Waals surface area contributed by atoms with Crippen LogP contribution in [0.3, 0.4) is 0 Å². The molecular formula is C19H18N4O5S. The van der Waals surface area contributed by atoms with Crippen molar-refractivity contribution in [1.29, 1.82) is 0 Å². The molecule has 10 heteroatoms.